The fraction of sp³-hybridized carbons (Fsp3) is 0.632. The third-order valence-corrected chi connectivity index (χ3v) is 5.55. The van der Waals surface area contributed by atoms with Crippen LogP contribution in [0.25, 0.3) is 11.5 Å². The molecule has 0 spiro atoms. The van der Waals surface area contributed by atoms with E-state index in [1.54, 1.807) is 6.20 Å². The normalized spacial score (nSPS) is 26.6. The van der Waals surface area contributed by atoms with E-state index in [0.29, 0.717) is 6.04 Å². The average Bonchev–Trinajstić information content (AvgIpc) is 3.22. The zero-order valence-corrected chi connectivity index (χ0v) is 14.7. The molecule has 0 saturated carbocycles. The highest BCUT2D eigenvalue weighted by molar-refractivity contribution is 5.51. The first-order chi connectivity index (χ1) is 12.3. The van der Waals surface area contributed by atoms with Gasteiger partial charge < -0.3 is 9.52 Å². The van der Waals surface area contributed by atoms with Crippen molar-refractivity contribution in [1.29, 1.82) is 0 Å². The molecule has 0 aliphatic carbocycles. The van der Waals surface area contributed by atoms with Crippen molar-refractivity contribution < 1.29 is 9.52 Å². The summed E-state index contributed by atoms with van der Waals surface area (Å²) in [5.74, 6) is 1.75. The molecule has 2 saturated heterocycles. The number of aliphatic hydroxyl groups is 1. The van der Waals surface area contributed by atoms with Gasteiger partial charge in [-0.3, -0.25) is 14.9 Å². The Balaban J connectivity index is 1.33. The average molecular weight is 344 g/mol. The van der Waals surface area contributed by atoms with Crippen LogP contribution in [0.1, 0.15) is 37.9 Å². The summed E-state index contributed by atoms with van der Waals surface area (Å²) in [4.78, 5) is 4.83. The number of piperidine rings is 1. The van der Waals surface area contributed by atoms with Crippen molar-refractivity contribution in [3.8, 4) is 11.5 Å². The summed E-state index contributed by atoms with van der Waals surface area (Å²) in [6.07, 6.45) is 7.71. The number of aromatic nitrogens is 2. The number of nitrogens with one attached hydrogen (secondary N) is 1. The van der Waals surface area contributed by atoms with Crippen LogP contribution in [0.2, 0.25) is 0 Å². The Morgan fingerprint density at radius 3 is 2.68 bits per heavy atom. The van der Waals surface area contributed by atoms with E-state index in [-0.39, 0.29) is 6.10 Å². The van der Waals surface area contributed by atoms with Crippen LogP contribution in [0, 0.1) is 0 Å². The topological polar surface area (TPSA) is 68.5 Å². The minimum atomic E-state index is -0.270. The predicted molar refractivity (Wildman–Crippen MR) is 96.0 cm³/mol. The standard InChI is InChI=1S/C19H28N4O2/c24-18-14-22(12-8-17(18)23-10-3-1-2-4-11-23)13-15-5-6-19(25-15)16-7-9-20-21-16/h5-7,9,17-18,24H,1-4,8,10-14H2,(H,20,21)/t17-,18-/m1/s1. The molecular weight excluding hydrogens is 316 g/mol. The van der Waals surface area contributed by atoms with Gasteiger partial charge in [-0.15, -0.1) is 0 Å². The van der Waals surface area contributed by atoms with Crippen molar-refractivity contribution in [2.45, 2.75) is 50.8 Å². The van der Waals surface area contributed by atoms with Gasteiger partial charge in [0.05, 0.1) is 12.6 Å². The molecule has 136 valence electrons. The maximum Gasteiger partial charge on any atom is 0.152 e. The largest absolute Gasteiger partial charge is 0.458 e. The number of H-pyrrole nitrogens is 1. The van der Waals surface area contributed by atoms with Crippen molar-refractivity contribution in [1.82, 2.24) is 20.0 Å². The molecule has 2 fully saturated rings. The van der Waals surface area contributed by atoms with Crippen LogP contribution >= 0.6 is 0 Å². The summed E-state index contributed by atoms with van der Waals surface area (Å²) in [5, 5.41) is 17.6. The Bertz CT molecular complexity index is 646. The first kappa shape index (κ1) is 16.8. The Kier molecular flexibility index (Phi) is 5.20. The monoisotopic (exact) mass is 344 g/mol. The highest BCUT2D eigenvalue weighted by atomic mass is 16.3. The number of furan rings is 1. The number of hydrogen-bond donors (Lipinski definition) is 2. The first-order valence-corrected chi connectivity index (χ1v) is 9.52. The summed E-state index contributed by atoms with van der Waals surface area (Å²) < 4.78 is 5.92. The Hall–Kier alpha value is -1.63. The van der Waals surface area contributed by atoms with E-state index in [9.17, 15) is 5.11 Å². The van der Waals surface area contributed by atoms with Crippen molar-refractivity contribution in [2.75, 3.05) is 26.2 Å². The lowest BCUT2D eigenvalue weighted by Gasteiger charge is -2.41. The van der Waals surface area contributed by atoms with Gasteiger partial charge in [0.1, 0.15) is 11.5 Å². The molecule has 2 atom stereocenters. The zero-order chi connectivity index (χ0) is 17.1. The molecule has 0 amide bonds. The summed E-state index contributed by atoms with van der Waals surface area (Å²) in [6.45, 7) is 4.78. The van der Waals surface area contributed by atoms with Crippen molar-refractivity contribution in [3.05, 3.63) is 30.2 Å². The van der Waals surface area contributed by atoms with Gasteiger partial charge >= 0.3 is 0 Å². The number of β-amino-alcohol motifs (C(OH)–C–C–N with tert-alkyl or cyclic N) is 1. The lowest BCUT2D eigenvalue weighted by Crippen LogP contribution is -2.54. The van der Waals surface area contributed by atoms with Crippen LogP contribution in [0.4, 0.5) is 0 Å². The molecule has 2 aliphatic heterocycles. The minimum Gasteiger partial charge on any atom is -0.458 e. The second-order valence-corrected chi connectivity index (χ2v) is 7.34. The van der Waals surface area contributed by atoms with E-state index >= 15 is 0 Å². The van der Waals surface area contributed by atoms with Crippen LogP contribution in [0.5, 0.6) is 0 Å². The van der Waals surface area contributed by atoms with Crippen molar-refractivity contribution in [2.24, 2.45) is 0 Å². The van der Waals surface area contributed by atoms with Gasteiger partial charge in [0.2, 0.25) is 0 Å². The van der Waals surface area contributed by atoms with Crippen molar-refractivity contribution >= 4 is 0 Å². The molecule has 2 N–H and O–H groups in total. The van der Waals surface area contributed by atoms with Crippen LogP contribution < -0.4 is 0 Å². The number of aromatic amines is 1. The van der Waals surface area contributed by atoms with E-state index < -0.39 is 0 Å². The SMILES string of the molecule is O[C@@H]1CN(Cc2ccc(-c3ccn[nH]3)o2)CC[C@H]1N1CCCCCC1. The number of rotatable bonds is 4. The fourth-order valence-corrected chi connectivity index (χ4v) is 4.20. The van der Waals surface area contributed by atoms with Gasteiger partial charge in [-0.05, 0) is 50.6 Å². The molecule has 6 heteroatoms. The van der Waals surface area contributed by atoms with E-state index in [0.717, 1.165) is 56.4 Å². The van der Waals surface area contributed by atoms with Crippen LogP contribution in [-0.4, -0.2) is 63.4 Å². The molecule has 25 heavy (non-hydrogen) atoms. The summed E-state index contributed by atoms with van der Waals surface area (Å²) in [6, 6.07) is 6.22. The van der Waals surface area contributed by atoms with E-state index in [4.69, 9.17) is 4.42 Å². The molecule has 0 unspecified atom stereocenters. The summed E-state index contributed by atoms with van der Waals surface area (Å²) in [5.41, 5.74) is 0.895. The summed E-state index contributed by atoms with van der Waals surface area (Å²) >= 11 is 0. The number of aliphatic hydroxyl groups excluding tert-OH is 1. The van der Waals surface area contributed by atoms with Gasteiger partial charge in [0, 0.05) is 25.3 Å². The molecule has 0 radical (unpaired) electrons. The van der Waals surface area contributed by atoms with Crippen LogP contribution in [0.3, 0.4) is 0 Å². The van der Waals surface area contributed by atoms with Crippen molar-refractivity contribution in [3.63, 3.8) is 0 Å². The highest BCUT2D eigenvalue weighted by Crippen LogP contribution is 2.24. The molecule has 4 heterocycles. The van der Waals surface area contributed by atoms with Crippen LogP contribution in [0.15, 0.2) is 28.8 Å². The quantitative estimate of drug-likeness (QED) is 0.892. The van der Waals surface area contributed by atoms with Gasteiger partial charge in [-0.1, -0.05) is 12.8 Å². The Morgan fingerprint density at radius 2 is 1.96 bits per heavy atom. The lowest BCUT2D eigenvalue weighted by molar-refractivity contribution is -0.0159. The minimum absolute atomic E-state index is 0.270. The van der Waals surface area contributed by atoms with Gasteiger partial charge in [-0.25, -0.2) is 0 Å². The Morgan fingerprint density at radius 1 is 1.12 bits per heavy atom. The van der Waals surface area contributed by atoms with Crippen LogP contribution in [-0.2, 0) is 6.54 Å². The molecule has 2 aromatic rings. The molecule has 6 nitrogen and oxygen atoms in total. The fourth-order valence-electron chi connectivity index (χ4n) is 4.20. The van der Waals surface area contributed by atoms with Gasteiger partial charge in [0.25, 0.3) is 0 Å². The molecule has 4 rings (SSSR count). The first-order valence-electron chi connectivity index (χ1n) is 9.52. The van der Waals surface area contributed by atoms with E-state index in [2.05, 4.69) is 20.0 Å². The second-order valence-electron chi connectivity index (χ2n) is 7.34. The maximum atomic E-state index is 10.7. The summed E-state index contributed by atoms with van der Waals surface area (Å²) in [7, 11) is 0. The van der Waals surface area contributed by atoms with E-state index in [1.165, 1.54) is 25.7 Å². The highest BCUT2D eigenvalue weighted by Gasteiger charge is 2.32. The third-order valence-electron chi connectivity index (χ3n) is 5.55. The van der Waals surface area contributed by atoms with E-state index in [1.807, 2.05) is 18.2 Å². The van der Waals surface area contributed by atoms with Gasteiger partial charge in [0.15, 0.2) is 5.76 Å². The number of hydrogen-bond acceptors (Lipinski definition) is 5. The molecule has 2 aliphatic rings. The smallest absolute Gasteiger partial charge is 0.152 e. The predicted octanol–water partition coefficient (Wildman–Crippen LogP) is 2.48. The Labute approximate surface area is 148 Å². The second kappa shape index (κ2) is 7.72. The maximum absolute atomic E-state index is 10.7. The molecule has 0 aromatic carbocycles. The van der Waals surface area contributed by atoms with Gasteiger partial charge in [-0.2, -0.15) is 5.10 Å². The number of likely N-dealkylation sites (tertiary alicyclic amines) is 2. The zero-order valence-electron chi connectivity index (χ0n) is 14.7. The lowest BCUT2D eigenvalue weighted by atomic mass is 9.99. The molecular formula is C19H28N4O2. The molecule has 2 aromatic heterocycles. The molecule has 0 bridgehead atoms. The number of nitrogens with zero attached hydrogens (tertiary/aromatic N) is 3. The third kappa shape index (κ3) is 3.97.